The highest BCUT2D eigenvalue weighted by molar-refractivity contribution is 5.92. The van der Waals surface area contributed by atoms with Crippen LogP contribution in [-0.2, 0) is 14.3 Å². The van der Waals surface area contributed by atoms with Crippen LogP contribution in [0.2, 0.25) is 0 Å². The normalized spacial score (nSPS) is 10.2. The fourth-order valence-corrected chi connectivity index (χ4v) is 1.60. The molecule has 0 saturated carbocycles. The van der Waals surface area contributed by atoms with Crippen molar-refractivity contribution in [3.8, 4) is 0 Å². The lowest BCUT2D eigenvalue weighted by molar-refractivity contribution is -0.140. The zero-order valence-electron chi connectivity index (χ0n) is 11.8. The van der Waals surface area contributed by atoms with Crippen LogP contribution in [0.25, 0.3) is 0 Å². The molecule has 1 rings (SSSR count). The maximum Gasteiger partial charge on any atom is 0.326 e. The first-order valence-electron chi connectivity index (χ1n) is 6.16. The number of hydrogen-bond donors (Lipinski definition) is 2. The van der Waals surface area contributed by atoms with Crippen LogP contribution in [0.3, 0.4) is 0 Å². The number of amides is 1. The van der Waals surface area contributed by atoms with E-state index in [9.17, 15) is 19.2 Å². The summed E-state index contributed by atoms with van der Waals surface area (Å²) in [6, 6.07) is 0.988. The Morgan fingerprint density at radius 2 is 1.90 bits per heavy atom. The average molecular weight is 299 g/mol. The van der Waals surface area contributed by atoms with Crippen LogP contribution in [0.5, 0.6) is 0 Å². The van der Waals surface area contributed by atoms with Crippen molar-refractivity contribution in [2.45, 2.75) is 6.42 Å². The summed E-state index contributed by atoms with van der Waals surface area (Å²) >= 11 is 0. The van der Waals surface area contributed by atoms with Crippen molar-refractivity contribution >= 4 is 11.9 Å². The number of aromatic amines is 2. The number of nitrogens with one attached hydrogen (secondary N) is 2. The molecule has 0 aromatic carbocycles. The lowest BCUT2D eigenvalue weighted by Gasteiger charge is -2.21. The fraction of sp³-hybridized carbons (Fsp3) is 0.500. The SMILES string of the molecule is COCCN(CCC(=O)OC)C(=O)c1cc(=O)[nH]c(=O)[nH]1. The molecule has 1 heterocycles. The van der Waals surface area contributed by atoms with Crippen LogP contribution >= 0.6 is 0 Å². The first-order valence-corrected chi connectivity index (χ1v) is 6.16. The molecular weight excluding hydrogens is 282 g/mol. The highest BCUT2D eigenvalue weighted by Crippen LogP contribution is 2.01. The Balaban J connectivity index is 2.89. The summed E-state index contributed by atoms with van der Waals surface area (Å²) in [5.41, 5.74) is -1.60. The van der Waals surface area contributed by atoms with Gasteiger partial charge in [-0.25, -0.2) is 4.79 Å². The van der Waals surface area contributed by atoms with E-state index in [2.05, 4.69) is 9.72 Å². The topological polar surface area (TPSA) is 122 Å². The number of aromatic nitrogens is 2. The van der Waals surface area contributed by atoms with Crippen molar-refractivity contribution in [3.05, 3.63) is 32.6 Å². The van der Waals surface area contributed by atoms with E-state index in [4.69, 9.17) is 4.74 Å². The second-order valence-electron chi connectivity index (χ2n) is 4.11. The van der Waals surface area contributed by atoms with E-state index >= 15 is 0 Å². The molecule has 0 atom stereocenters. The molecule has 0 aliphatic rings. The van der Waals surface area contributed by atoms with Crippen LogP contribution in [-0.4, -0.2) is 60.7 Å². The Bertz CT molecular complexity index is 577. The van der Waals surface area contributed by atoms with Gasteiger partial charge in [0.25, 0.3) is 11.5 Å². The monoisotopic (exact) mass is 299 g/mol. The number of H-pyrrole nitrogens is 2. The molecule has 21 heavy (non-hydrogen) atoms. The number of methoxy groups -OCH3 is 2. The molecule has 1 aromatic rings. The minimum absolute atomic E-state index is 0.000618. The maximum absolute atomic E-state index is 12.3. The Labute approximate surface area is 119 Å². The molecule has 0 bridgehead atoms. The number of rotatable bonds is 7. The number of carbonyl (C=O) groups is 2. The van der Waals surface area contributed by atoms with Crippen molar-refractivity contribution < 1.29 is 19.1 Å². The molecule has 0 unspecified atom stereocenters. The van der Waals surface area contributed by atoms with Crippen molar-refractivity contribution in [2.75, 3.05) is 33.9 Å². The largest absolute Gasteiger partial charge is 0.469 e. The predicted molar refractivity (Wildman–Crippen MR) is 72.1 cm³/mol. The number of hydrogen-bond acceptors (Lipinski definition) is 6. The van der Waals surface area contributed by atoms with Crippen LogP contribution in [0.4, 0.5) is 0 Å². The Kier molecular flexibility index (Phi) is 6.34. The summed E-state index contributed by atoms with van der Waals surface area (Å²) < 4.78 is 9.40. The minimum atomic E-state index is -0.773. The van der Waals surface area contributed by atoms with E-state index in [1.165, 1.54) is 19.1 Å². The fourth-order valence-electron chi connectivity index (χ4n) is 1.60. The molecule has 116 valence electrons. The van der Waals surface area contributed by atoms with E-state index in [0.29, 0.717) is 0 Å². The van der Waals surface area contributed by atoms with Crippen LogP contribution in [0, 0.1) is 0 Å². The van der Waals surface area contributed by atoms with Gasteiger partial charge < -0.3 is 19.4 Å². The van der Waals surface area contributed by atoms with Gasteiger partial charge >= 0.3 is 11.7 Å². The van der Waals surface area contributed by atoms with Gasteiger partial charge in [0.15, 0.2) is 0 Å². The zero-order chi connectivity index (χ0) is 15.8. The highest BCUT2D eigenvalue weighted by Gasteiger charge is 2.18. The summed E-state index contributed by atoms with van der Waals surface area (Å²) in [5, 5.41) is 0. The van der Waals surface area contributed by atoms with E-state index in [1.54, 1.807) is 0 Å². The lowest BCUT2D eigenvalue weighted by Crippen LogP contribution is -2.38. The molecule has 0 radical (unpaired) electrons. The molecule has 9 heteroatoms. The molecule has 1 aromatic heterocycles. The minimum Gasteiger partial charge on any atom is -0.469 e. The van der Waals surface area contributed by atoms with Crippen molar-refractivity contribution in [1.82, 2.24) is 14.9 Å². The van der Waals surface area contributed by atoms with Gasteiger partial charge in [-0.05, 0) is 0 Å². The second-order valence-corrected chi connectivity index (χ2v) is 4.11. The summed E-state index contributed by atoms with van der Waals surface area (Å²) in [6.45, 7) is 0.547. The van der Waals surface area contributed by atoms with Gasteiger partial charge in [0.1, 0.15) is 5.69 Å². The maximum atomic E-state index is 12.3. The molecule has 0 spiro atoms. The van der Waals surface area contributed by atoms with Crippen LogP contribution in [0.15, 0.2) is 15.7 Å². The van der Waals surface area contributed by atoms with Gasteiger partial charge in [0.2, 0.25) is 0 Å². The Morgan fingerprint density at radius 1 is 1.19 bits per heavy atom. The van der Waals surface area contributed by atoms with Crippen molar-refractivity contribution in [1.29, 1.82) is 0 Å². The first-order chi connectivity index (χ1) is 9.97. The van der Waals surface area contributed by atoms with E-state index in [1.807, 2.05) is 4.98 Å². The summed E-state index contributed by atoms with van der Waals surface area (Å²) in [5.74, 6) is -1.04. The van der Waals surface area contributed by atoms with E-state index in [0.717, 1.165) is 6.07 Å². The summed E-state index contributed by atoms with van der Waals surface area (Å²) in [7, 11) is 2.72. The third-order valence-electron chi connectivity index (χ3n) is 2.66. The summed E-state index contributed by atoms with van der Waals surface area (Å²) in [6.07, 6.45) is -0.000618. The third-order valence-corrected chi connectivity index (χ3v) is 2.66. The summed E-state index contributed by atoms with van der Waals surface area (Å²) in [4.78, 5) is 51.3. The van der Waals surface area contributed by atoms with Crippen LogP contribution in [0.1, 0.15) is 16.9 Å². The number of ether oxygens (including phenoxy) is 2. The first kappa shape index (κ1) is 16.6. The molecule has 1 amide bonds. The number of nitrogens with zero attached hydrogens (tertiary/aromatic N) is 1. The molecule has 0 saturated heterocycles. The molecule has 2 N–H and O–H groups in total. The number of carbonyl (C=O) groups excluding carboxylic acids is 2. The van der Waals surface area contributed by atoms with Gasteiger partial charge in [-0.15, -0.1) is 0 Å². The molecule has 0 fully saturated rings. The van der Waals surface area contributed by atoms with Gasteiger partial charge in [-0.2, -0.15) is 0 Å². The Hall–Kier alpha value is -2.42. The smallest absolute Gasteiger partial charge is 0.326 e. The molecule has 0 aliphatic heterocycles. The predicted octanol–water partition coefficient (Wildman–Crippen LogP) is -1.29. The Morgan fingerprint density at radius 3 is 2.48 bits per heavy atom. The number of esters is 1. The van der Waals surface area contributed by atoms with Gasteiger partial charge in [0.05, 0.1) is 20.1 Å². The highest BCUT2D eigenvalue weighted by atomic mass is 16.5. The average Bonchev–Trinajstić information content (AvgIpc) is 2.45. The van der Waals surface area contributed by atoms with Gasteiger partial charge in [-0.1, -0.05) is 0 Å². The van der Waals surface area contributed by atoms with Crippen LogP contribution < -0.4 is 11.2 Å². The molecule has 9 nitrogen and oxygen atoms in total. The van der Waals surface area contributed by atoms with Gasteiger partial charge in [0, 0.05) is 26.3 Å². The lowest BCUT2D eigenvalue weighted by atomic mass is 10.3. The zero-order valence-corrected chi connectivity index (χ0v) is 11.8. The van der Waals surface area contributed by atoms with Crippen molar-refractivity contribution in [2.24, 2.45) is 0 Å². The van der Waals surface area contributed by atoms with Gasteiger partial charge in [-0.3, -0.25) is 19.4 Å². The third kappa shape index (κ3) is 5.22. The molecular formula is C12H17N3O6. The second kappa shape index (κ2) is 8.00. The van der Waals surface area contributed by atoms with E-state index in [-0.39, 0.29) is 31.8 Å². The molecule has 0 aliphatic carbocycles. The van der Waals surface area contributed by atoms with Crippen molar-refractivity contribution in [3.63, 3.8) is 0 Å². The quantitative estimate of drug-likeness (QED) is 0.604. The van der Waals surface area contributed by atoms with E-state index < -0.39 is 23.1 Å². The standard InChI is InChI=1S/C12H17N3O6/c1-20-6-5-15(4-3-10(17)21-2)11(18)8-7-9(16)14-12(19)13-8/h7H,3-6H2,1-2H3,(H2,13,14,16,19).